The minimum absolute atomic E-state index is 0.144. The first kappa shape index (κ1) is 14.5. The van der Waals surface area contributed by atoms with Crippen LogP contribution in [0.5, 0.6) is 0 Å². The van der Waals surface area contributed by atoms with Gasteiger partial charge in [0.05, 0.1) is 18.1 Å². The Balaban J connectivity index is 1.65. The Bertz CT molecular complexity index is 631. The molecule has 5 heteroatoms. The number of hydrogen-bond acceptors (Lipinski definition) is 4. The van der Waals surface area contributed by atoms with Crippen LogP contribution in [0.4, 0.5) is 11.6 Å². The molecule has 1 fully saturated rings. The molecule has 1 aliphatic rings. The van der Waals surface area contributed by atoms with E-state index in [1.165, 1.54) is 19.3 Å². The maximum Gasteiger partial charge on any atom is 0.255 e. The van der Waals surface area contributed by atoms with Crippen LogP contribution in [-0.2, 0) is 0 Å². The fraction of sp³-hybridized carbons (Fsp3) is 0.353. The van der Waals surface area contributed by atoms with Crippen LogP contribution in [0.25, 0.3) is 0 Å². The number of anilines is 2. The van der Waals surface area contributed by atoms with E-state index in [4.69, 9.17) is 0 Å². The van der Waals surface area contributed by atoms with Crippen LogP contribution in [0.1, 0.15) is 35.2 Å². The summed E-state index contributed by atoms with van der Waals surface area (Å²) in [5, 5.41) is 2.83. The molecule has 1 saturated heterocycles. The lowest BCUT2D eigenvalue weighted by Gasteiger charge is -2.26. The van der Waals surface area contributed by atoms with E-state index < -0.39 is 0 Å². The fourth-order valence-corrected chi connectivity index (χ4v) is 2.55. The third kappa shape index (κ3) is 3.42. The molecule has 1 amide bonds. The van der Waals surface area contributed by atoms with E-state index in [-0.39, 0.29) is 5.91 Å². The number of aromatic nitrogens is 2. The summed E-state index contributed by atoms with van der Waals surface area (Å²) in [6.07, 6.45) is 7.00. The van der Waals surface area contributed by atoms with Gasteiger partial charge in [0.15, 0.2) is 0 Å². The number of aryl methyl sites for hydroxylation is 1. The monoisotopic (exact) mass is 296 g/mol. The molecule has 0 unspecified atom stereocenters. The summed E-state index contributed by atoms with van der Waals surface area (Å²) in [7, 11) is 0. The van der Waals surface area contributed by atoms with Crippen LogP contribution in [0.15, 0.2) is 36.7 Å². The van der Waals surface area contributed by atoms with Crippen molar-refractivity contribution < 1.29 is 4.79 Å². The molecule has 5 nitrogen and oxygen atoms in total. The Labute approximate surface area is 130 Å². The lowest BCUT2D eigenvalue weighted by Crippen LogP contribution is -2.30. The molecular formula is C17H20N4O. The first-order chi connectivity index (χ1) is 10.7. The van der Waals surface area contributed by atoms with Crippen molar-refractivity contribution in [2.75, 3.05) is 23.3 Å². The molecular weight excluding hydrogens is 276 g/mol. The lowest BCUT2D eigenvalue weighted by molar-refractivity contribution is 0.102. The number of amides is 1. The minimum Gasteiger partial charge on any atom is -0.341 e. The summed E-state index contributed by atoms with van der Waals surface area (Å²) in [5.41, 5.74) is 2.38. The van der Waals surface area contributed by atoms with Gasteiger partial charge in [0.1, 0.15) is 0 Å². The lowest BCUT2D eigenvalue weighted by atomic mass is 10.1. The number of benzene rings is 1. The molecule has 0 aliphatic carbocycles. The first-order valence-corrected chi connectivity index (χ1v) is 7.67. The first-order valence-electron chi connectivity index (χ1n) is 7.67. The summed E-state index contributed by atoms with van der Waals surface area (Å²) < 4.78 is 0. The van der Waals surface area contributed by atoms with Gasteiger partial charge in [0, 0.05) is 18.7 Å². The zero-order chi connectivity index (χ0) is 15.4. The molecule has 0 saturated carbocycles. The van der Waals surface area contributed by atoms with Crippen LogP contribution in [0.2, 0.25) is 0 Å². The predicted molar refractivity (Wildman–Crippen MR) is 87.2 cm³/mol. The second-order valence-corrected chi connectivity index (χ2v) is 5.64. The molecule has 114 valence electrons. The van der Waals surface area contributed by atoms with E-state index in [1.807, 2.05) is 31.2 Å². The van der Waals surface area contributed by atoms with Gasteiger partial charge in [0.25, 0.3) is 5.91 Å². The quantitative estimate of drug-likeness (QED) is 0.946. The van der Waals surface area contributed by atoms with E-state index in [0.29, 0.717) is 11.3 Å². The maximum atomic E-state index is 12.1. The highest BCUT2D eigenvalue weighted by atomic mass is 16.1. The van der Waals surface area contributed by atoms with E-state index in [1.54, 1.807) is 12.4 Å². The summed E-state index contributed by atoms with van der Waals surface area (Å²) >= 11 is 0. The number of hydrogen-bond donors (Lipinski definition) is 1. The third-order valence-electron chi connectivity index (χ3n) is 3.85. The highest BCUT2D eigenvalue weighted by Crippen LogP contribution is 2.16. The maximum absolute atomic E-state index is 12.1. The Morgan fingerprint density at radius 1 is 1.05 bits per heavy atom. The van der Waals surface area contributed by atoms with E-state index in [2.05, 4.69) is 20.2 Å². The van der Waals surface area contributed by atoms with Crippen molar-refractivity contribution in [2.45, 2.75) is 26.2 Å². The molecule has 0 spiro atoms. The number of piperidine rings is 1. The van der Waals surface area contributed by atoms with Gasteiger partial charge in [-0.1, -0.05) is 17.7 Å². The van der Waals surface area contributed by atoms with Crippen molar-refractivity contribution in [3.63, 3.8) is 0 Å². The highest BCUT2D eigenvalue weighted by Gasteiger charge is 2.13. The Morgan fingerprint density at radius 2 is 1.68 bits per heavy atom. The smallest absolute Gasteiger partial charge is 0.255 e. The van der Waals surface area contributed by atoms with Crippen molar-refractivity contribution in [3.8, 4) is 0 Å². The molecule has 2 aromatic rings. The molecule has 3 rings (SSSR count). The number of carbonyl (C=O) groups excluding carboxylic acids is 1. The highest BCUT2D eigenvalue weighted by molar-refractivity contribution is 6.04. The number of nitrogens with one attached hydrogen (secondary N) is 1. The van der Waals surface area contributed by atoms with Crippen molar-refractivity contribution in [3.05, 3.63) is 47.8 Å². The normalized spacial score (nSPS) is 14.7. The van der Waals surface area contributed by atoms with Crippen molar-refractivity contribution in [2.24, 2.45) is 0 Å². The molecule has 22 heavy (non-hydrogen) atoms. The van der Waals surface area contributed by atoms with Crippen LogP contribution in [0.3, 0.4) is 0 Å². The summed E-state index contributed by atoms with van der Waals surface area (Å²) in [4.78, 5) is 23.1. The number of rotatable bonds is 3. The van der Waals surface area contributed by atoms with Gasteiger partial charge in [-0.15, -0.1) is 0 Å². The third-order valence-corrected chi connectivity index (χ3v) is 3.85. The molecule has 1 aromatic carbocycles. The Kier molecular flexibility index (Phi) is 4.32. The van der Waals surface area contributed by atoms with Gasteiger partial charge in [-0.05, 0) is 38.3 Å². The largest absolute Gasteiger partial charge is 0.341 e. The second-order valence-electron chi connectivity index (χ2n) is 5.64. The van der Waals surface area contributed by atoms with Gasteiger partial charge < -0.3 is 10.2 Å². The van der Waals surface area contributed by atoms with Crippen LogP contribution in [-0.4, -0.2) is 29.0 Å². The van der Waals surface area contributed by atoms with Crippen LogP contribution < -0.4 is 10.2 Å². The molecule has 0 radical (unpaired) electrons. The summed E-state index contributed by atoms with van der Waals surface area (Å²) in [5.74, 6) is 0.599. The molecule has 0 atom stereocenters. The zero-order valence-electron chi connectivity index (χ0n) is 12.7. The number of carbonyl (C=O) groups is 1. The summed E-state index contributed by atoms with van der Waals surface area (Å²) in [6.45, 7) is 4.01. The van der Waals surface area contributed by atoms with Crippen molar-refractivity contribution in [1.29, 1.82) is 0 Å². The average Bonchev–Trinajstić information content (AvgIpc) is 2.57. The topological polar surface area (TPSA) is 58.1 Å². The molecule has 1 aliphatic heterocycles. The van der Waals surface area contributed by atoms with Gasteiger partial charge in [0.2, 0.25) is 5.95 Å². The van der Waals surface area contributed by atoms with E-state index >= 15 is 0 Å². The SMILES string of the molecule is Cc1ccc(C(=O)Nc2cnc(N3CCCCC3)nc2)cc1. The van der Waals surface area contributed by atoms with E-state index in [0.717, 1.165) is 24.6 Å². The Hall–Kier alpha value is -2.43. The zero-order valence-corrected chi connectivity index (χ0v) is 12.7. The van der Waals surface area contributed by atoms with E-state index in [9.17, 15) is 4.79 Å². The van der Waals surface area contributed by atoms with Crippen LogP contribution >= 0.6 is 0 Å². The molecule has 1 aromatic heterocycles. The predicted octanol–water partition coefficient (Wildman–Crippen LogP) is 3.03. The van der Waals surface area contributed by atoms with Gasteiger partial charge in [-0.2, -0.15) is 0 Å². The van der Waals surface area contributed by atoms with Gasteiger partial charge in [-0.25, -0.2) is 9.97 Å². The molecule has 2 heterocycles. The molecule has 0 bridgehead atoms. The second kappa shape index (κ2) is 6.56. The minimum atomic E-state index is -0.144. The van der Waals surface area contributed by atoms with Crippen LogP contribution in [0, 0.1) is 6.92 Å². The van der Waals surface area contributed by atoms with Gasteiger partial charge >= 0.3 is 0 Å². The fourth-order valence-electron chi connectivity index (χ4n) is 2.55. The average molecular weight is 296 g/mol. The summed E-state index contributed by atoms with van der Waals surface area (Å²) in [6, 6.07) is 7.47. The van der Waals surface area contributed by atoms with Gasteiger partial charge in [-0.3, -0.25) is 4.79 Å². The standard InChI is InChI=1S/C17H20N4O/c1-13-5-7-14(8-6-13)16(22)20-15-11-18-17(19-12-15)21-9-3-2-4-10-21/h5-8,11-12H,2-4,9-10H2,1H3,(H,20,22). The van der Waals surface area contributed by atoms with Crippen molar-refractivity contribution in [1.82, 2.24) is 9.97 Å². The number of nitrogens with zero attached hydrogens (tertiary/aromatic N) is 3. The van der Waals surface area contributed by atoms with Crippen molar-refractivity contribution >= 4 is 17.5 Å². The molecule has 1 N–H and O–H groups in total. The Morgan fingerprint density at radius 3 is 2.32 bits per heavy atom.